The molecule has 0 radical (unpaired) electrons. The number of benzene rings is 1. The molecule has 2 nitrogen and oxygen atoms in total. The predicted octanol–water partition coefficient (Wildman–Crippen LogP) is 5.12. The van der Waals surface area contributed by atoms with Crippen molar-refractivity contribution < 1.29 is 4.74 Å². The van der Waals surface area contributed by atoms with Gasteiger partial charge in [0.05, 0.1) is 12.3 Å². The van der Waals surface area contributed by atoms with Gasteiger partial charge in [0.1, 0.15) is 5.75 Å². The van der Waals surface area contributed by atoms with E-state index in [1.165, 1.54) is 19.3 Å². The first kappa shape index (κ1) is 14.5. The van der Waals surface area contributed by atoms with Gasteiger partial charge in [-0.25, -0.2) is 0 Å². The van der Waals surface area contributed by atoms with E-state index < -0.39 is 0 Å². The highest BCUT2D eigenvalue weighted by Gasteiger charge is 2.34. The molecule has 1 aromatic carbocycles. The summed E-state index contributed by atoms with van der Waals surface area (Å²) in [7, 11) is 0. The van der Waals surface area contributed by atoms with Crippen molar-refractivity contribution in [2.75, 3.05) is 11.9 Å². The van der Waals surface area contributed by atoms with Crippen molar-refractivity contribution in [2.24, 2.45) is 5.41 Å². The minimum atomic E-state index is 0.338. The minimum Gasteiger partial charge on any atom is -0.491 e. The Hall–Kier alpha value is -0.890. The zero-order valence-corrected chi connectivity index (χ0v) is 12.9. The fourth-order valence-electron chi connectivity index (χ4n) is 2.73. The van der Waals surface area contributed by atoms with Gasteiger partial charge in [0.25, 0.3) is 0 Å². The summed E-state index contributed by atoms with van der Waals surface area (Å²) < 4.78 is 5.80. The van der Waals surface area contributed by atoms with Gasteiger partial charge in [-0.3, -0.25) is 0 Å². The highest BCUT2D eigenvalue weighted by atomic mass is 35.5. The number of anilines is 1. The Kier molecular flexibility index (Phi) is 4.62. The van der Waals surface area contributed by atoms with Gasteiger partial charge in [-0.1, -0.05) is 38.8 Å². The summed E-state index contributed by atoms with van der Waals surface area (Å²) in [6.45, 7) is 7.51. The van der Waals surface area contributed by atoms with Crippen LogP contribution in [0.15, 0.2) is 18.2 Å². The maximum absolute atomic E-state index is 6.11. The molecular weight excluding hydrogens is 258 g/mol. The van der Waals surface area contributed by atoms with Gasteiger partial charge in [-0.05, 0) is 42.9 Å². The van der Waals surface area contributed by atoms with Crippen LogP contribution < -0.4 is 10.1 Å². The molecule has 106 valence electrons. The highest BCUT2D eigenvalue weighted by Crippen LogP contribution is 2.40. The maximum Gasteiger partial charge on any atom is 0.142 e. The molecule has 0 aromatic heterocycles. The van der Waals surface area contributed by atoms with Crippen molar-refractivity contribution >= 4 is 17.3 Å². The molecule has 0 amide bonds. The maximum atomic E-state index is 6.11. The van der Waals surface area contributed by atoms with E-state index >= 15 is 0 Å². The molecule has 1 unspecified atom stereocenters. The van der Waals surface area contributed by atoms with E-state index in [0.717, 1.165) is 29.5 Å². The van der Waals surface area contributed by atoms with E-state index in [2.05, 4.69) is 26.1 Å². The fraction of sp³-hybridized carbons (Fsp3) is 0.625. The van der Waals surface area contributed by atoms with Crippen LogP contribution in [0.4, 0.5) is 5.69 Å². The lowest BCUT2D eigenvalue weighted by molar-refractivity contribution is 0.316. The van der Waals surface area contributed by atoms with E-state index in [9.17, 15) is 0 Å². The van der Waals surface area contributed by atoms with Crippen LogP contribution in [0.5, 0.6) is 5.75 Å². The summed E-state index contributed by atoms with van der Waals surface area (Å²) in [6.07, 6.45) is 4.79. The van der Waals surface area contributed by atoms with Crippen molar-refractivity contribution in [3.8, 4) is 5.75 Å². The number of ether oxygens (including phenoxy) is 1. The fourth-order valence-corrected chi connectivity index (χ4v) is 2.91. The lowest BCUT2D eigenvalue weighted by Gasteiger charge is -2.29. The minimum absolute atomic E-state index is 0.338. The van der Waals surface area contributed by atoms with Crippen LogP contribution in [-0.4, -0.2) is 12.6 Å². The number of hydrogen-bond donors (Lipinski definition) is 1. The Morgan fingerprint density at radius 1 is 1.42 bits per heavy atom. The van der Waals surface area contributed by atoms with E-state index in [4.69, 9.17) is 16.3 Å². The van der Waals surface area contributed by atoms with Crippen molar-refractivity contribution in [2.45, 2.75) is 52.5 Å². The van der Waals surface area contributed by atoms with E-state index in [0.29, 0.717) is 11.5 Å². The molecule has 0 heterocycles. The average molecular weight is 282 g/mol. The van der Waals surface area contributed by atoms with Gasteiger partial charge in [0.15, 0.2) is 0 Å². The first-order valence-corrected chi connectivity index (χ1v) is 7.59. The largest absolute Gasteiger partial charge is 0.491 e. The Balaban J connectivity index is 2.15. The number of rotatable bonds is 5. The van der Waals surface area contributed by atoms with E-state index in [1.807, 2.05) is 18.2 Å². The molecule has 0 spiro atoms. The molecule has 0 saturated heterocycles. The van der Waals surface area contributed by atoms with Crippen LogP contribution in [-0.2, 0) is 0 Å². The first-order chi connectivity index (χ1) is 9.03. The molecule has 3 heteroatoms. The second kappa shape index (κ2) is 6.04. The van der Waals surface area contributed by atoms with Crippen LogP contribution in [0, 0.1) is 5.41 Å². The Morgan fingerprint density at radius 3 is 2.84 bits per heavy atom. The predicted molar refractivity (Wildman–Crippen MR) is 82.3 cm³/mol. The van der Waals surface area contributed by atoms with Crippen molar-refractivity contribution in [1.29, 1.82) is 0 Å². The molecule has 19 heavy (non-hydrogen) atoms. The third-order valence-electron chi connectivity index (χ3n) is 3.99. The van der Waals surface area contributed by atoms with Crippen LogP contribution in [0.3, 0.4) is 0 Å². The van der Waals surface area contributed by atoms with Crippen LogP contribution in [0.25, 0.3) is 0 Å². The topological polar surface area (TPSA) is 21.3 Å². The second-order valence-corrected chi connectivity index (χ2v) is 6.50. The molecular formula is C16H24ClNO. The molecule has 2 rings (SSSR count). The summed E-state index contributed by atoms with van der Waals surface area (Å²) in [5, 5.41) is 4.39. The average Bonchev–Trinajstić information content (AvgIpc) is 2.68. The van der Waals surface area contributed by atoms with Crippen LogP contribution in [0.2, 0.25) is 5.02 Å². The Morgan fingerprint density at radius 2 is 2.21 bits per heavy atom. The normalized spacial score (nSPS) is 21.4. The summed E-state index contributed by atoms with van der Waals surface area (Å²) in [6, 6.07) is 6.32. The Labute approximate surface area is 121 Å². The summed E-state index contributed by atoms with van der Waals surface area (Å²) >= 11 is 6.11. The third-order valence-corrected chi connectivity index (χ3v) is 4.23. The monoisotopic (exact) mass is 281 g/mol. The number of nitrogens with one attached hydrogen (secondary N) is 1. The van der Waals surface area contributed by atoms with Gasteiger partial charge in [-0.2, -0.15) is 0 Å². The summed E-state index contributed by atoms with van der Waals surface area (Å²) in [5.41, 5.74) is 1.37. The molecule has 1 fully saturated rings. The molecule has 0 aliphatic heterocycles. The van der Waals surface area contributed by atoms with Gasteiger partial charge in [0, 0.05) is 11.1 Å². The first-order valence-electron chi connectivity index (χ1n) is 7.22. The zero-order valence-electron chi connectivity index (χ0n) is 12.1. The van der Waals surface area contributed by atoms with Crippen LogP contribution >= 0.6 is 11.6 Å². The van der Waals surface area contributed by atoms with Crippen molar-refractivity contribution in [1.82, 2.24) is 0 Å². The standard InChI is InChI=1S/C16H24ClNO/c1-4-10-19-14-8-7-12(17)11-13(14)18-15-6-5-9-16(15,2)3/h7-8,11,15,18H,4-6,9-10H2,1-3H3. The molecule has 1 N–H and O–H groups in total. The van der Waals surface area contributed by atoms with Gasteiger partial charge in [0.2, 0.25) is 0 Å². The SMILES string of the molecule is CCCOc1ccc(Cl)cc1NC1CCCC1(C)C. The molecule has 1 aromatic rings. The van der Waals surface area contributed by atoms with Gasteiger partial charge in [-0.15, -0.1) is 0 Å². The third kappa shape index (κ3) is 3.56. The molecule has 1 aliphatic carbocycles. The van der Waals surface area contributed by atoms with Gasteiger partial charge >= 0.3 is 0 Å². The number of hydrogen-bond acceptors (Lipinski definition) is 2. The lowest BCUT2D eigenvalue weighted by Crippen LogP contribution is -2.31. The number of halogens is 1. The molecule has 1 saturated carbocycles. The molecule has 1 aliphatic rings. The van der Waals surface area contributed by atoms with Crippen LogP contribution in [0.1, 0.15) is 46.5 Å². The smallest absolute Gasteiger partial charge is 0.142 e. The molecule has 1 atom stereocenters. The van der Waals surface area contributed by atoms with Gasteiger partial charge < -0.3 is 10.1 Å². The zero-order chi connectivity index (χ0) is 13.9. The van der Waals surface area contributed by atoms with Crippen molar-refractivity contribution in [3.63, 3.8) is 0 Å². The summed E-state index contributed by atoms with van der Waals surface area (Å²) in [5.74, 6) is 0.911. The van der Waals surface area contributed by atoms with E-state index in [1.54, 1.807) is 0 Å². The summed E-state index contributed by atoms with van der Waals surface area (Å²) in [4.78, 5) is 0. The molecule has 0 bridgehead atoms. The Bertz CT molecular complexity index is 431. The van der Waals surface area contributed by atoms with Crippen molar-refractivity contribution in [3.05, 3.63) is 23.2 Å². The highest BCUT2D eigenvalue weighted by molar-refractivity contribution is 6.30. The van der Waals surface area contributed by atoms with E-state index in [-0.39, 0.29) is 0 Å². The second-order valence-electron chi connectivity index (χ2n) is 6.07. The quantitative estimate of drug-likeness (QED) is 0.809. The lowest BCUT2D eigenvalue weighted by atomic mass is 9.87.